The molecule has 2 aromatic heterocycles. The van der Waals surface area contributed by atoms with E-state index in [0.717, 1.165) is 0 Å². The summed E-state index contributed by atoms with van der Waals surface area (Å²) in [6.07, 6.45) is -0.0262. The van der Waals surface area contributed by atoms with Crippen LogP contribution in [-0.4, -0.2) is 16.9 Å². The Bertz CT molecular complexity index is 511. The van der Waals surface area contributed by atoms with Crippen molar-refractivity contribution in [3.05, 3.63) is 44.3 Å². The van der Waals surface area contributed by atoms with E-state index in [4.69, 9.17) is 5.11 Å². The van der Waals surface area contributed by atoms with Crippen molar-refractivity contribution in [3.63, 3.8) is 0 Å². The van der Waals surface area contributed by atoms with Crippen molar-refractivity contribution >= 4 is 34.4 Å². The van der Waals surface area contributed by atoms with Gasteiger partial charge in [-0.1, -0.05) is 0 Å². The van der Waals surface area contributed by atoms with E-state index in [1.165, 1.54) is 22.7 Å². The Morgan fingerprint density at radius 2 is 2.06 bits per heavy atom. The van der Waals surface area contributed by atoms with Gasteiger partial charge in [0, 0.05) is 15.8 Å². The number of carbonyl (C=O) groups excluding carboxylic acids is 1. The molecule has 0 aliphatic heterocycles. The standard InChI is InChI=1S/C11H8O3S2/c12-10(13)5-8-1-2-9(16-8)11(14)7-3-4-15-6-7/h1-4,6H,5H2,(H,12,13). The van der Waals surface area contributed by atoms with Crippen LogP contribution in [-0.2, 0) is 11.2 Å². The molecule has 5 heteroatoms. The van der Waals surface area contributed by atoms with E-state index in [-0.39, 0.29) is 12.2 Å². The second-order valence-corrected chi connectivity index (χ2v) is 5.13. The van der Waals surface area contributed by atoms with Gasteiger partial charge >= 0.3 is 5.97 Å². The number of carboxylic acids is 1. The van der Waals surface area contributed by atoms with E-state index >= 15 is 0 Å². The summed E-state index contributed by atoms with van der Waals surface area (Å²) in [5.41, 5.74) is 0.661. The lowest BCUT2D eigenvalue weighted by atomic mass is 10.2. The molecular weight excluding hydrogens is 244 g/mol. The number of hydrogen-bond donors (Lipinski definition) is 1. The third-order valence-corrected chi connectivity index (χ3v) is 3.76. The molecule has 1 N–H and O–H groups in total. The third kappa shape index (κ3) is 2.37. The average Bonchev–Trinajstić information content (AvgIpc) is 2.84. The molecule has 2 aromatic rings. The predicted octanol–water partition coefficient (Wildman–Crippen LogP) is 2.67. The van der Waals surface area contributed by atoms with Crippen LogP contribution in [0.5, 0.6) is 0 Å². The van der Waals surface area contributed by atoms with Crippen LogP contribution in [0, 0.1) is 0 Å². The maximum atomic E-state index is 11.9. The first-order valence-electron chi connectivity index (χ1n) is 4.54. The Labute approximate surface area is 100.0 Å². The largest absolute Gasteiger partial charge is 0.481 e. The van der Waals surface area contributed by atoms with E-state index in [9.17, 15) is 9.59 Å². The average molecular weight is 252 g/mol. The first-order valence-corrected chi connectivity index (χ1v) is 6.30. The van der Waals surface area contributed by atoms with Crippen molar-refractivity contribution in [2.24, 2.45) is 0 Å². The monoisotopic (exact) mass is 252 g/mol. The molecule has 82 valence electrons. The van der Waals surface area contributed by atoms with Gasteiger partial charge in [-0.05, 0) is 23.6 Å². The molecule has 0 fully saturated rings. The first-order chi connectivity index (χ1) is 7.66. The van der Waals surface area contributed by atoms with Crippen molar-refractivity contribution in [2.45, 2.75) is 6.42 Å². The molecule has 0 unspecified atom stereocenters. The Kier molecular flexibility index (Phi) is 3.17. The third-order valence-electron chi connectivity index (χ3n) is 1.99. The zero-order valence-electron chi connectivity index (χ0n) is 8.17. The summed E-state index contributed by atoms with van der Waals surface area (Å²) in [7, 11) is 0. The van der Waals surface area contributed by atoms with Gasteiger partial charge in [0.25, 0.3) is 0 Å². The van der Waals surface area contributed by atoms with E-state index in [0.29, 0.717) is 15.3 Å². The molecule has 0 bridgehead atoms. The number of carboxylic acid groups (broad SMARTS) is 1. The van der Waals surface area contributed by atoms with E-state index in [1.54, 1.807) is 23.6 Å². The number of ketones is 1. The van der Waals surface area contributed by atoms with Gasteiger partial charge in [0.2, 0.25) is 5.78 Å². The highest BCUT2D eigenvalue weighted by Gasteiger charge is 2.13. The number of hydrogen-bond acceptors (Lipinski definition) is 4. The maximum absolute atomic E-state index is 11.9. The summed E-state index contributed by atoms with van der Waals surface area (Å²) in [5.74, 6) is -0.917. The zero-order chi connectivity index (χ0) is 11.5. The van der Waals surface area contributed by atoms with Gasteiger partial charge in [0.1, 0.15) is 0 Å². The lowest BCUT2D eigenvalue weighted by Crippen LogP contribution is -1.97. The van der Waals surface area contributed by atoms with Crippen LogP contribution in [0.25, 0.3) is 0 Å². The lowest BCUT2D eigenvalue weighted by molar-refractivity contribution is -0.136. The molecule has 16 heavy (non-hydrogen) atoms. The van der Waals surface area contributed by atoms with Gasteiger partial charge in [-0.3, -0.25) is 9.59 Å². The number of thiophene rings is 2. The van der Waals surface area contributed by atoms with Gasteiger partial charge in [0.05, 0.1) is 11.3 Å². The van der Waals surface area contributed by atoms with Crippen molar-refractivity contribution in [1.29, 1.82) is 0 Å². The maximum Gasteiger partial charge on any atom is 0.308 e. The Balaban J connectivity index is 2.19. The van der Waals surface area contributed by atoms with Gasteiger partial charge in [-0.2, -0.15) is 11.3 Å². The highest BCUT2D eigenvalue weighted by Crippen LogP contribution is 2.21. The summed E-state index contributed by atoms with van der Waals surface area (Å²) in [5, 5.41) is 12.3. The topological polar surface area (TPSA) is 54.4 Å². The second kappa shape index (κ2) is 4.59. The van der Waals surface area contributed by atoms with Gasteiger partial charge in [-0.15, -0.1) is 11.3 Å². The molecule has 0 aromatic carbocycles. The molecule has 2 rings (SSSR count). The van der Waals surface area contributed by atoms with Crippen LogP contribution in [0.3, 0.4) is 0 Å². The highest BCUT2D eigenvalue weighted by molar-refractivity contribution is 7.14. The van der Waals surface area contributed by atoms with Crippen molar-refractivity contribution in [1.82, 2.24) is 0 Å². The van der Waals surface area contributed by atoms with Crippen molar-refractivity contribution in [2.75, 3.05) is 0 Å². The highest BCUT2D eigenvalue weighted by atomic mass is 32.1. The molecule has 2 heterocycles. The Hall–Kier alpha value is -1.46. The Morgan fingerprint density at radius 3 is 2.69 bits per heavy atom. The van der Waals surface area contributed by atoms with Crippen molar-refractivity contribution in [3.8, 4) is 0 Å². The Morgan fingerprint density at radius 1 is 1.25 bits per heavy atom. The molecule has 0 aliphatic carbocycles. The molecule has 0 saturated carbocycles. The summed E-state index contributed by atoms with van der Waals surface area (Å²) < 4.78 is 0. The van der Waals surface area contributed by atoms with E-state index < -0.39 is 5.97 Å². The van der Waals surface area contributed by atoms with E-state index in [2.05, 4.69) is 0 Å². The molecule has 0 spiro atoms. The van der Waals surface area contributed by atoms with Crippen LogP contribution in [0.2, 0.25) is 0 Å². The SMILES string of the molecule is O=C(O)Cc1ccc(C(=O)c2ccsc2)s1. The lowest BCUT2D eigenvalue weighted by Gasteiger charge is -1.92. The minimum absolute atomic E-state index is 0.0262. The second-order valence-electron chi connectivity index (χ2n) is 3.18. The molecule has 0 amide bonds. The van der Waals surface area contributed by atoms with Crippen LogP contribution in [0.15, 0.2) is 29.0 Å². The normalized spacial score (nSPS) is 10.2. The smallest absolute Gasteiger partial charge is 0.308 e. The quantitative estimate of drug-likeness (QED) is 0.851. The molecular formula is C11H8O3S2. The molecule has 0 saturated heterocycles. The zero-order valence-corrected chi connectivity index (χ0v) is 9.81. The summed E-state index contributed by atoms with van der Waals surface area (Å²) in [6.45, 7) is 0. The molecule has 0 atom stereocenters. The molecule has 0 aliphatic rings. The van der Waals surface area contributed by atoms with Gasteiger partial charge in [0.15, 0.2) is 0 Å². The van der Waals surface area contributed by atoms with E-state index in [1.807, 2.05) is 5.38 Å². The molecule has 3 nitrogen and oxygen atoms in total. The fourth-order valence-electron chi connectivity index (χ4n) is 1.28. The number of rotatable bonds is 4. The van der Waals surface area contributed by atoms with Gasteiger partial charge in [-0.25, -0.2) is 0 Å². The summed E-state index contributed by atoms with van der Waals surface area (Å²) >= 11 is 2.71. The van der Waals surface area contributed by atoms with Crippen LogP contribution >= 0.6 is 22.7 Å². The van der Waals surface area contributed by atoms with Crippen molar-refractivity contribution < 1.29 is 14.7 Å². The fraction of sp³-hybridized carbons (Fsp3) is 0.0909. The summed E-state index contributed by atoms with van der Waals surface area (Å²) in [6, 6.07) is 5.14. The van der Waals surface area contributed by atoms with Gasteiger partial charge < -0.3 is 5.11 Å². The van der Waals surface area contributed by atoms with Crippen LogP contribution in [0.1, 0.15) is 20.1 Å². The van der Waals surface area contributed by atoms with Crippen LogP contribution in [0.4, 0.5) is 0 Å². The fourth-order valence-corrected chi connectivity index (χ4v) is 2.88. The van der Waals surface area contributed by atoms with Crippen LogP contribution < -0.4 is 0 Å². The number of aliphatic carboxylic acids is 1. The predicted molar refractivity (Wildman–Crippen MR) is 63.4 cm³/mol. The first kappa shape index (κ1) is 11.0. The number of carbonyl (C=O) groups is 2. The minimum Gasteiger partial charge on any atom is -0.481 e. The minimum atomic E-state index is -0.878. The summed E-state index contributed by atoms with van der Waals surface area (Å²) in [4.78, 5) is 23.7. The molecule has 0 radical (unpaired) electrons.